The van der Waals surface area contributed by atoms with E-state index in [2.05, 4.69) is 22.4 Å². The molecular formula is C20H34IN3O3. The summed E-state index contributed by atoms with van der Waals surface area (Å²) in [7, 11) is 0. The summed E-state index contributed by atoms with van der Waals surface area (Å²) in [5.74, 6) is 1.40. The highest BCUT2D eigenvalue weighted by Gasteiger charge is 2.34. The summed E-state index contributed by atoms with van der Waals surface area (Å²) < 4.78 is 16.5. The molecule has 0 aromatic heterocycles. The lowest BCUT2D eigenvalue weighted by Gasteiger charge is -2.36. The maximum absolute atomic E-state index is 6.05. The van der Waals surface area contributed by atoms with Crippen LogP contribution in [0.1, 0.15) is 38.7 Å². The highest BCUT2D eigenvalue weighted by atomic mass is 127. The Bertz CT molecular complexity index is 546. The Labute approximate surface area is 180 Å². The molecule has 1 fully saturated rings. The predicted octanol–water partition coefficient (Wildman–Crippen LogP) is 3.08. The number of nitrogens with two attached hydrogens (primary N) is 1. The minimum absolute atomic E-state index is 0. The fourth-order valence-corrected chi connectivity index (χ4v) is 3.20. The van der Waals surface area contributed by atoms with Crippen LogP contribution in [0.25, 0.3) is 0 Å². The molecule has 0 saturated carbocycles. The van der Waals surface area contributed by atoms with Gasteiger partial charge in [0.2, 0.25) is 0 Å². The van der Waals surface area contributed by atoms with Gasteiger partial charge in [0.25, 0.3) is 0 Å². The van der Waals surface area contributed by atoms with Crippen LogP contribution >= 0.6 is 24.0 Å². The first kappa shape index (κ1) is 24.0. The van der Waals surface area contributed by atoms with E-state index in [0.29, 0.717) is 19.1 Å². The molecule has 0 radical (unpaired) electrons. The van der Waals surface area contributed by atoms with Gasteiger partial charge in [-0.05, 0) is 50.8 Å². The van der Waals surface area contributed by atoms with E-state index in [1.165, 1.54) is 5.56 Å². The highest BCUT2D eigenvalue weighted by molar-refractivity contribution is 14.0. The minimum Gasteiger partial charge on any atom is -0.494 e. The number of rotatable bonds is 10. The second-order valence-corrected chi connectivity index (χ2v) is 6.53. The Morgan fingerprint density at radius 2 is 1.89 bits per heavy atom. The van der Waals surface area contributed by atoms with Crippen molar-refractivity contribution >= 4 is 29.9 Å². The fraction of sp³-hybridized carbons (Fsp3) is 0.650. The molecule has 1 aliphatic heterocycles. The Hall–Kier alpha value is -1.06. The Kier molecular flexibility index (Phi) is 11.7. The standard InChI is InChI=1S/C20H33N3O3.HI/c1-3-24-13-5-12-22-19(21)23-16-20(10-14-25-15-11-20)17-6-8-18(9-7-17)26-4-2;/h6-9H,3-5,10-16H2,1-2H3,(H3,21,22,23);1H. The maximum atomic E-state index is 6.05. The second-order valence-electron chi connectivity index (χ2n) is 6.53. The van der Waals surface area contributed by atoms with E-state index in [1.54, 1.807) is 0 Å². The van der Waals surface area contributed by atoms with Crippen LogP contribution in [0, 0.1) is 0 Å². The smallest absolute Gasteiger partial charge is 0.188 e. The van der Waals surface area contributed by atoms with Crippen molar-refractivity contribution in [2.45, 2.75) is 38.5 Å². The first-order valence-electron chi connectivity index (χ1n) is 9.63. The number of ether oxygens (including phenoxy) is 3. The molecule has 7 heteroatoms. The summed E-state index contributed by atoms with van der Waals surface area (Å²) in [6.07, 6.45) is 2.81. The number of nitrogens with zero attached hydrogens (tertiary/aromatic N) is 1. The third-order valence-electron chi connectivity index (χ3n) is 4.76. The molecule has 1 aromatic rings. The zero-order valence-corrected chi connectivity index (χ0v) is 18.9. The van der Waals surface area contributed by atoms with E-state index in [4.69, 9.17) is 19.9 Å². The quantitative estimate of drug-likeness (QED) is 0.228. The van der Waals surface area contributed by atoms with Gasteiger partial charge in [0.1, 0.15) is 5.75 Å². The molecule has 0 unspecified atom stereocenters. The number of nitrogens with one attached hydrogen (secondary N) is 1. The van der Waals surface area contributed by atoms with Gasteiger partial charge in [-0.2, -0.15) is 0 Å². The van der Waals surface area contributed by atoms with Crippen molar-refractivity contribution in [3.63, 3.8) is 0 Å². The molecule has 0 aliphatic carbocycles. The van der Waals surface area contributed by atoms with Crippen LogP contribution in [0.2, 0.25) is 0 Å². The molecule has 0 atom stereocenters. The maximum Gasteiger partial charge on any atom is 0.188 e. The van der Waals surface area contributed by atoms with E-state index in [-0.39, 0.29) is 29.4 Å². The molecule has 6 nitrogen and oxygen atoms in total. The molecule has 3 N–H and O–H groups in total. The van der Waals surface area contributed by atoms with E-state index >= 15 is 0 Å². The van der Waals surface area contributed by atoms with E-state index in [0.717, 1.165) is 58.0 Å². The van der Waals surface area contributed by atoms with Crippen molar-refractivity contribution in [1.29, 1.82) is 0 Å². The molecule has 2 rings (SSSR count). The van der Waals surface area contributed by atoms with Gasteiger partial charge in [0, 0.05) is 38.4 Å². The lowest BCUT2D eigenvalue weighted by Crippen LogP contribution is -2.39. The Morgan fingerprint density at radius 1 is 1.19 bits per heavy atom. The molecule has 1 heterocycles. The average Bonchev–Trinajstić information content (AvgIpc) is 2.68. The molecular weight excluding hydrogens is 457 g/mol. The number of aliphatic imine (C=N–C) groups is 1. The molecule has 1 saturated heterocycles. The summed E-state index contributed by atoms with van der Waals surface area (Å²) in [6.45, 7) is 9.09. The topological polar surface area (TPSA) is 78.1 Å². The van der Waals surface area contributed by atoms with Crippen molar-refractivity contribution in [2.75, 3.05) is 46.1 Å². The van der Waals surface area contributed by atoms with Gasteiger partial charge >= 0.3 is 0 Å². The zero-order valence-electron chi connectivity index (χ0n) is 16.5. The molecule has 1 aliphatic rings. The summed E-state index contributed by atoms with van der Waals surface area (Å²) in [4.78, 5) is 4.63. The Balaban J connectivity index is 0.00000364. The van der Waals surface area contributed by atoms with E-state index in [9.17, 15) is 0 Å². The first-order valence-corrected chi connectivity index (χ1v) is 9.63. The van der Waals surface area contributed by atoms with Crippen molar-refractivity contribution < 1.29 is 14.2 Å². The van der Waals surface area contributed by atoms with Crippen LogP contribution < -0.4 is 15.8 Å². The highest BCUT2D eigenvalue weighted by Crippen LogP contribution is 2.36. The van der Waals surface area contributed by atoms with Gasteiger partial charge in [-0.3, -0.25) is 4.99 Å². The fourth-order valence-electron chi connectivity index (χ4n) is 3.20. The van der Waals surface area contributed by atoms with E-state index in [1.807, 2.05) is 26.0 Å². The normalized spacial score (nSPS) is 16.4. The zero-order chi connectivity index (χ0) is 18.7. The third-order valence-corrected chi connectivity index (χ3v) is 4.76. The van der Waals surface area contributed by atoms with Crippen LogP contribution in [0.5, 0.6) is 5.75 Å². The molecule has 1 aromatic carbocycles. The molecule has 0 spiro atoms. The Morgan fingerprint density at radius 3 is 2.52 bits per heavy atom. The number of hydrogen-bond acceptors (Lipinski definition) is 4. The van der Waals surface area contributed by atoms with Crippen molar-refractivity contribution in [1.82, 2.24) is 5.32 Å². The van der Waals surface area contributed by atoms with Gasteiger partial charge in [-0.25, -0.2) is 0 Å². The summed E-state index contributed by atoms with van der Waals surface area (Å²) in [5.41, 5.74) is 7.30. The third kappa shape index (κ3) is 7.83. The molecule has 0 bridgehead atoms. The van der Waals surface area contributed by atoms with Crippen LogP contribution in [0.3, 0.4) is 0 Å². The van der Waals surface area contributed by atoms with E-state index < -0.39 is 0 Å². The molecule has 154 valence electrons. The second kappa shape index (κ2) is 13.2. The monoisotopic (exact) mass is 491 g/mol. The number of hydrogen-bond donors (Lipinski definition) is 2. The van der Waals surface area contributed by atoms with Crippen molar-refractivity contribution in [3.8, 4) is 5.75 Å². The molecule has 27 heavy (non-hydrogen) atoms. The summed E-state index contributed by atoms with van der Waals surface area (Å²) >= 11 is 0. The number of halogens is 1. The SMILES string of the molecule is CCOCCCNC(N)=NCC1(c2ccc(OCC)cc2)CCOCC1.I. The minimum atomic E-state index is -0.0272. The van der Waals surface area contributed by atoms with Gasteiger partial charge < -0.3 is 25.3 Å². The molecule has 0 amide bonds. The van der Waals surface area contributed by atoms with Gasteiger partial charge in [0.15, 0.2) is 5.96 Å². The van der Waals surface area contributed by atoms with Crippen LogP contribution in [0.15, 0.2) is 29.3 Å². The average molecular weight is 491 g/mol. The van der Waals surface area contributed by atoms with Crippen molar-refractivity contribution in [3.05, 3.63) is 29.8 Å². The predicted molar refractivity (Wildman–Crippen MR) is 120 cm³/mol. The summed E-state index contributed by atoms with van der Waals surface area (Å²) in [6, 6.07) is 8.37. The van der Waals surface area contributed by atoms with Crippen LogP contribution in [0.4, 0.5) is 0 Å². The van der Waals surface area contributed by atoms with Gasteiger partial charge in [0.05, 0.1) is 13.2 Å². The summed E-state index contributed by atoms with van der Waals surface area (Å²) in [5, 5.41) is 3.17. The first-order chi connectivity index (χ1) is 12.7. The van der Waals surface area contributed by atoms with Gasteiger partial charge in [-0.15, -0.1) is 24.0 Å². The number of benzene rings is 1. The number of guanidine groups is 1. The lowest BCUT2D eigenvalue weighted by molar-refractivity contribution is 0.0531. The largest absolute Gasteiger partial charge is 0.494 e. The van der Waals surface area contributed by atoms with Gasteiger partial charge in [-0.1, -0.05) is 12.1 Å². The van der Waals surface area contributed by atoms with Crippen molar-refractivity contribution in [2.24, 2.45) is 10.7 Å². The lowest BCUT2D eigenvalue weighted by atomic mass is 9.74. The van der Waals surface area contributed by atoms with Crippen LogP contribution in [-0.2, 0) is 14.9 Å². The van der Waals surface area contributed by atoms with Crippen LogP contribution in [-0.4, -0.2) is 52.1 Å².